The molecule has 0 aliphatic heterocycles. The van der Waals surface area contributed by atoms with Gasteiger partial charge in [-0.25, -0.2) is 4.79 Å². The number of pyridine rings is 1. The van der Waals surface area contributed by atoms with Gasteiger partial charge < -0.3 is 19.9 Å². The van der Waals surface area contributed by atoms with Crippen LogP contribution in [0.3, 0.4) is 0 Å². The largest absolute Gasteiger partial charge is 0.444 e. The van der Waals surface area contributed by atoms with E-state index in [-0.39, 0.29) is 11.6 Å². The quantitative estimate of drug-likeness (QED) is 0.419. The molecule has 3 aromatic rings. The number of hydrogen-bond donors (Lipinski definition) is 2. The van der Waals surface area contributed by atoms with Crippen molar-refractivity contribution < 1.29 is 19.1 Å². The maximum Gasteiger partial charge on any atom is 0.412 e. The number of nitrogens with zero attached hydrogens (tertiary/aromatic N) is 3. The van der Waals surface area contributed by atoms with Crippen molar-refractivity contribution in [3.63, 3.8) is 0 Å². The first-order valence-electron chi connectivity index (χ1n) is 12.4. The van der Waals surface area contributed by atoms with Crippen molar-refractivity contribution in [1.82, 2.24) is 14.8 Å². The number of amides is 3. The number of ether oxygens (including phenoxy) is 1. The van der Waals surface area contributed by atoms with Crippen molar-refractivity contribution in [3.05, 3.63) is 89.7 Å². The van der Waals surface area contributed by atoms with Crippen molar-refractivity contribution in [1.29, 1.82) is 0 Å². The standard InChI is InChI=1S/C29H35N5O4/c1-29(2,3)38-28(37)32-24-14-10-9-13-23(24)31-26(35)25-16-15-22(19-30-25)27(36)34(18-17-33(4)5)20-21-11-7-6-8-12-21/h6-16,19H,17-18,20H2,1-5H3,(H,31,35)(H,32,37). The molecule has 3 amide bonds. The highest BCUT2D eigenvalue weighted by atomic mass is 16.6. The van der Waals surface area contributed by atoms with Crippen LogP contribution in [0.15, 0.2) is 72.9 Å². The predicted molar refractivity (Wildman–Crippen MR) is 148 cm³/mol. The van der Waals surface area contributed by atoms with Crippen molar-refractivity contribution in [2.24, 2.45) is 0 Å². The van der Waals surface area contributed by atoms with E-state index in [0.29, 0.717) is 36.6 Å². The Bertz CT molecular complexity index is 1240. The van der Waals surface area contributed by atoms with Gasteiger partial charge in [0.15, 0.2) is 0 Å². The first kappa shape index (κ1) is 28.3. The molecule has 2 N–H and O–H groups in total. The lowest BCUT2D eigenvalue weighted by molar-refractivity contribution is 0.0635. The van der Waals surface area contributed by atoms with Gasteiger partial charge in [0.05, 0.1) is 16.9 Å². The topological polar surface area (TPSA) is 104 Å². The molecule has 200 valence electrons. The van der Waals surface area contributed by atoms with Gasteiger partial charge in [0.2, 0.25) is 0 Å². The third-order valence-electron chi connectivity index (χ3n) is 5.37. The van der Waals surface area contributed by atoms with Crippen LogP contribution in [0.4, 0.5) is 16.2 Å². The third-order valence-corrected chi connectivity index (χ3v) is 5.37. The number of anilines is 2. The molecule has 0 unspecified atom stereocenters. The number of likely N-dealkylation sites (N-methyl/N-ethyl adjacent to an activating group) is 1. The smallest absolute Gasteiger partial charge is 0.412 e. The normalized spacial score (nSPS) is 11.1. The third kappa shape index (κ3) is 8.70. The molecule has 0 fully saturated rings. The molecule has 0 radical (unpaired) electrons. The zero-order valence-electron chi connectivity index (χ0n) is 22.5. The summed E-state index contributed by atoms with van der Waals surface area (Å²) in [7, 11) is 3.92. The summed E-state index contributed by atoms with van der Waals surface area (Å²) < 4.78 is 5.30. The van der Waals surface area contributed by atoms with Gasteiger partial charge in [-0.15, -0.1) is 0 Å². The minimum absolute atomic E-state index is 0.136. The van der Waals surface area contributed by atoms with Crippen LogP contribution in [0.1, 0.15) is 47.2 Å². The summed E-state index contributed by atoms with van der Waals surface area (Å²) in [5, 5.41) is 5.41. The van der Waals surface area contributed by atoms with E-state index in [1.54, 1.807) is 56.0 Å². The summed E-state index contributed by atoms with van der Waals surface area (Å²) in [5.41, 5.74) is 1.68. The molecule has 9 heteroatoms. The van der Waals surface area contributed by atoms with E-state index in [1.165, 1.54) is 12.3 Å². The lowest BCUT2D eigenvalue weighted by atomic mass is 10.1. The Morgan fingerprint density at radius 1 is 0.842 bits per heavy atom. The number of hydrogen-bond acceptors (Lipinski definition) is 6. The van der Waals surface area contributed by atoms with Gasteiger partial charge in [-0.2, -0.15) is 0 Å². The lowest BCUT2D eigenvalue weighted by Crippen LogP contribution is -2.36. The molecule has 0 saturated carbocycles. The zero-order valence-corrected chi connectivity index (χ0v) is 22.5. The minimum Gasteiger partial charge on any atom is -0.444 e. The highest BCUT2D eigenvalue weighted by Crippen LogP contribution is 2.23. The summed E-state index contributed by atoms with van der Waals surface area (Å²) in [6.45, 7) is 7.03. The number of carbonyl (C=O) groups is 3. The number of nitrogens with one attached hydrogen (secondary N) is 2. The summed E-state index contributed by atoms with van der Waals surface area (Å²) in [6, 6.07) is 19.7. The van der Waals surface area contributed by atoms with E-state index in [9.17, 15) is 14.4 Å². The molecule has 1 heterocycles. The van der Waals surface area contributed by atoms with E-state index < -0.39 is 17.6 Å². The van der Waals surface area contributed by atoms with Crippen LogP contribution >= 0.6 is 0 Å². The maximum atomic E-state index is 13.3. The second kappa shape index (κ2) is 12.8. The van der Waals surface area contributed by atoms with Gasteiger partial charge in [-0.3, -0.25) is 19.9 Å². The summed E-state index contributed by atoms with van der Waals surface area (Å²) >= 11 is 0. The van der Waals surface area contributed by atoms with Crippen LogP contribution in [0.2, 0.25) is 0 Å². The molecule has 0 bridgehead atoms. The highest BCUT2D eigenvalue weighted by Gasteiger charge is 2.20. The van der Waals surface area contributed by atoms with Gasteiger partial charge >= 0.3 is 6.09 Å². The molecule has 0 spiro atoms. The predicted octanol–water partition coefficient (Wildman–Crippen LogP) is 4.88. The van der Waals surface area contributed by atoms with Gasteiger partial charge in [0.1, 0.15) is 11.3 Å². The Morgan fingerprint density at radius 2 is 1.47 bits per heavy atom. The second-order valence-electron chi connectivity index (χ2n) is 10.1. The highest BCUT2D eigenvalue weighted by molar-refractivity contribution is 6.06. The number of rotatable bonds is 9. The van der Waals surface area contributed by atoms with Gasteiger partial charge in [-0.05, 0) is 64.7 Å². The van der Waals surface area contributed by atoms with E-state index in [1.807, 2.05) is 49.3 Å². The van der Waals surface area contributed by atoms with Crippen LogP contribution in [-0.4, -0.2) is 65.5 Å². The fraction of sp³-hybridized carbons (Fsp3) is 0.310. The maximum absolute atomic E-state index is 13.3. The molecule has 0 aliphatic carbocycles. The van der Waals surface area contributed by atoms with E-state index in [2.05, 4.69) is 15.6 Å². The summed E-state index contributed by atoms with van der Waals surface area (Å²) in [5.74, 6) is -0.641. The minimum atomic E-state index is -0.658. The number of para-hydroxylation sites is 2. The number of benzene rings is 2. The van der Waals surface area contributed by atoms with Crippen LogP contribution in [0.25, 0.3) is 0 Å². The van der Waals surface area contributed by atoms with Crippen LogP contribution in [0.5, 0.6) is 0 Å². The molecule has 0 aliphatic rings. The average Bonchev–Trinajstić information content (AvgIpc) is 2.86. The Hall–Kier alpha value is -4.24. The molecule has 9 nitrogen and oxygen atoms in total. The lowest BCUT2D eigenvalue weighted by Gasteiger charge is -2.24. The van der Waals surface area contributed by atoms with Gasteiger partial charge in [0, 0.05) is 25.8 Å². The number of carbonyl (C=O) groups excluding carboxylic acids is 3. The number of aromatic nitrogens is 1. The molecule has 2 aromatic carbocycles. The second-order valence-corrected chi connectivity index (χ2v) is 10.1. The zero-order chi connectivity index (χ0) is 27.7. The molecule has 0 atom stereocenters. The molecular formula is C29H35N5O4. The first-order chi connectivity index (χ1) is 18.0. The van der Waals surface area contributed by atoms with Crippen molar-refractivity contribution in [3.8, 4) is 0 Å². The summed E-state index contributed by atoms with van der Waals surface area (Å²) in [4.78, 5) is 46.4. The fourth-order valence-corrected chi connectivity index (χ4v) is 3.52. The first-order valence-corrected chi connectivity index (χ1v) is 12.4. The molecule has 3 rings (SSSR count). The average molecular weight is 518 g/mol. The van der Waals surface area contributed by atoms with Crippen LogP contribution in [0, 0.1) is 0 Å². The summed E-state index contributed by atoms with van der Waals surface area (Å²) in [6.07, 6.45) is 0.782. The Kier molecular flexibility index (Phi) is 9.56. The molecule has 0 saturated heterocycles. The van der Waals surface area contributed by atoms with Gasteiger partial charge in [-0.1, -0.05) is 42.5 Å². The Labute approximate surface area is 223 Å². The fourth-order valence-electron chi connectivity index (χ4n) is 3.52. The molecule has 1 aromatic heterocycles. The monoisotopic (exact) mass is 517 g/mol. The van der Waals surface area contributed by atoms with Crippen molar-refractivity contribution >= 4 is 29.3 Å². The molecule has 38 heavy (non-hydrogen) atoms. The van der Waals surface area contributed by atoms with Crippen molar-refractivity contribution in [2.45, 2.75) is 32.9 Å². The van der Waals surface area contributed by atoms with E-state index in [4.69, 9.17) is 4.74 Å². The van der Waals surface area contributed by atoms with Crippen LogP contribution in [-0.2, 0) is 11.3 Å². The van der Waals surface area contributed by atoms with E-state index >= 15 is 0 Å². The SMILES string of the molecule is CN(C)CCN(Cc1ccccc1)C(=O)c1ccc(C(=O)Nc2ccccc2NC(=O)OC(C)(C)C)nc1. The van der Waals surface area contributed by atoms with Crippen molar-refractivity contribution in [2.75, 3.05) is 37.8 Å². The van der Waals surface area contributed by atoms with E-state index in [0.717, 1.165) is 5.56 Å². The van der Waals surface area contributed by atoms with Crippen LogP contribution < -0.4 is 10.6 Å². The molecular weight excluding hydrogens is 482 g/mol. The Morgan fingerprint density at radius 3 is 2.05 bits per heavy atom. The van der Waals surface area contributed by atoms with Gasteiger partial charge in [0.25, 0.3) is 11.8 Å². The Balaban J connectivity index is 1.70.